The molecule has 1 aromatic carbocycles. The molecule has 0 radical (unpaired) electrons. The Balaban J connectivity index is 1.58. The van der Waals surface area contributed by atoms with E-state index in [9.17, 15) is 8.42 Å². The van der Waals surface area contributed by atoms with Gasteiger partial charge in [0.2, 0.25) is 10.0 Å². The fourth-order valence-electron chi connectivity index (χ4n) is 3.09. The van der Waals surface area contributed by atoms with Crippen LogP contribution in [0.15, 0.2) is 45.9 Å². The van der Waals surface area contributed by atoms with Crippen molar-refractivity contribution in [3.8, 4) is 5.75 Å². The summed E-state index contributed by atoms with van der Waals surface area (Å²) in [6.45, 7) is 5.85. The second kappa shape index (κ2) is 9.82. The fourth-order valence-corrected chi connectivity index (χ4v) is 5.18. The lowest BCUT2D eigenvalue weighted by Crippen LogP contribution is -2.50. The Morgan fingerprint density at radius 2 is 2.17 bits per heavy atom. The van der Waals surface area contributed by atoms with Gasteiger partial charge >= 0.3 is 0 Å². The van der Waals surface area contributed by atoms with E-state index in [1.54, 1.807) is 0 Å². The van der Waals surface area contributed by atoms with Crippen molar-refractivity contribution < 1.29 is 17.9 Å². The van der Waals surface area contributed by atoms with Crippen LogP contribution in [0.1, 0.15) is 20.3 Å². The predicted octanol–water partition coefficient (Wildman–Crippen LogP) is 4.08. The van der Waals surface area contributed by atoms with Gasteiger partial charge < -0.3 is 14.8 Å². The van der Waals surface area contributed by atoms with Crippen molar-refractivity contribution in [2.75, 3.05) is 31.7 Å². The Morgan fingerprint density at radius 3 is 2.87 bits per heavy atom. The molecular weight excluding hydrogens is 494 g/mol. The Morgan fingerprint density at radius 1 is 1.37 bits per heavy atom. The average Bonchev–Trinajstić information content (AvgIpc) is 2.68. The number of pyridine rings is 1. The number of nitrogens with zero attached hydrogens (tertiary/aromatic N) is 1. The highest BCUT2D eigenvalue weighted by molar-refractivity contribution is 9.10. The van der Waals surface area contributed by atoms with E-state index >= 15 is 0 Å². The summed E-state index contributed by atoms with van der Waals surface area (Å²) in [7, 11) is -3.74. The lowest BCUT2D eigenvalue weighted by Gasteiger charge is -2.38. The van der Waals surface area contributed by atoms with E-state index in [4.69, 9.17) is 21.1 Å². The summed E-state index contributed by atoms with van der Waals surface area (Å²) in [6.07, 6.45) is 1.92. The maximum absolute atomic E-state index is 12.8. The Kier molecular flexibility index (Phi) is 7.62. The number of hydrogen-bond donors (Lipinski definition) is 2. The van der Waals surface area contributed by atoms with Crippen molar-refractivity contribution in [1.29, 1.82) is 0 Å². The van der Waals surface area contributed by atoms with Crippen LogP contribution in [0.3, 0.4) is 0 Å². The summed E-state index contributed by atoms with van der Waals surface area (Å²) < 4.78 is 40.4. The molecule has 1 unspecified atom stereocenters. The molecule has 2 aromatic rings. The molecule has 0 bridgehead atoms. The van der Waals surface area contributed by atoms with Gasteiger partial charge in [0.1, 0.15) is 23.1 Å². The molecule has 0 aliphatic carbocycles. The van der Waals surface area contributed by atoms with Crippen LogP contribution in [0.5, 0.6) is 5.75 Å². The van der Waals surface area contributed by atoms with Crippen LogP contribution in [-0.4, -0.2) is 45.8 Å². The van der Waals surface area contributed by atoms with Crippen LogP contribution in [0.4, 0.5) is 5.82 Å². The maximum Gasteiger partial charge on any atom is 0.242 e. The van der Waals surface area contributed by atoms with Crippen LogP contribution in [-0.2, 0) is 14.8 Å². The normalized spacial score (nSPS) is 18.7. The molecule has 0 spiro atoms. The molecule has 1 saturated heterocycles. The molecule has 1 aliphatic rings. The Labute approximate surface area is 190 Å². The maximum atomic E-state index is 12.8. The van der Waals surface area contributed by atoms with Gasteiger partial charge in [0.25, 0.3) is 0 Å². The van der Waals surface area contributed by atoms with Gasteiger partial charge in [-0.05, 0) is 30.7 Å². The quantitative estimate of drug-likeness (QED) is 0.512. The first kappa shape index (κ1) is 23.3. The van der Waals surface area contributed by atoms with E-state index in [1.165, 1.54) is 12.3 Å². The first-order valence-corrected chi connectivity index (χ1v) is 12.2. The zero-order chi connectivity index (χ0) is 21.8. The molecule has 1 aromatic heterocycles. The third kappa shape index (κ3) is 6.07. The monoisotopic (exact) mass is 517 g/mol. The van der Waals surface area contributed by atoms with Crippen LogP contribution in [0, 0.1) is 5.41 Å². The molecule has 10 heteroatoms. The third-order valence-corrected chi connectivity index (χ3v) is 7.07. The Hall–Kier alpha value is -1.39. The van der Waals surface area contributed by atoms with E-state index in [2.05, 4.69) is 31.0 Å². The van der Waals surface area contributed by atoms with Gasteiger partial charge in [0, 0.05) is 28.7 Å². The van der Waals surface area contributed by atoms with Crippen LogP contribution >= 0.6 is 27.5 Å². The van der Waals surface area contributed by atoms with Gasteiger partial charge in [-0.3, -0.25) is 0 Å². The van der Waals surface area contributed by atoms with Crippen LogP contribution in [0.2, 0.25) is 5.02 Å². The van der Waals surface area contributed by atoms with Crippen LogP contribution < -0.4 is 14.8 Å². The predicted molar refractivity (Wildman–Crippen MR) is 121 cm³/mol. The van der Waals surface area contributed by atoms with Gasteiger partial charge in [-0.2, -0.15) is 0 Å². The Bertz CT molecular complexity index is 988. The molecule has 0 amide bonds. The van der Waals surface area contributed by atoms with E-state index in [0.717, 1.165) is 10.2 Å². The van der Waals surface area contributed by atoms with Gasteiger partial charge in [-0.15, -0.1) is 0 Å². The molecule has 2 N–H and O–H groups in total. The number of ether oxygens (including phenoxy) is 2. The highest BCUT2D eigenvalue weighted by atomic mass is 79.9. The number of hydrogen-bond acceptors (Lipinski definition) is 6. The zero-order valence-corrected chi connectivity index (χ0v) is 20.0. The van der Waals surface area contributed by atoms with Crippen molar-refractivity contribution >= 4 is 43.4 Å². The van der Waals surface area contributed by atoms with Gasteiger partial charge in [0.15, 0.2) is 0 Å². The SMILES string of the molecule is CC1(C)COCCC1NS(=O)(=O)c1cnc(NCCOc2cccc(Br)c2)c(Cl)c1. The van der Waals surface area contributed by atoms with E-state index in [0.29, 0.717) is 38.6 Å². The number of anilines is 1. The summed E-state index contributed by atoms with van der Waals surface area (Å²) in [5.41, 5.74) is -0.293. The first-order chi connectivity index (χ1) is 14.2. The molecule has 3 rings (SSSR count). The fraction of sp³-hybridized carbons (Fsp3) is 0.450. The molecule has 1 aliphatic heterocycles. The summed E-state index contributed by atoms with van der Waals surface area (Å²) in [4.78, 5) is 4.22. The molecule has 0 saturated carbocycles. The first-order valence-electron chi connectivity index (χ1n) is 9.55. The minimum Gasteiger partial charge on any atom is -0.492 e. The van der Waals surface area contributed by atoms with Crippen molar-refractivity contribution in [2.45, 2.75) is 31.2 Å². The van der Waals surface area contributed by atoms with Gasteiger partial charge in [-0.25, -0.2) is 18.1 Å². The van der Waals surface area contributed by atoms with E-state index in [1.807, 2.05) is 38.1 Å². The molecule has 30 heavy (non-hydrogen) atoms. The minimum absolute atomic E-state index is 0.0331. The van der Waals surface area contributed by atoms with Crippen molar-refractivity contribution in [3.63, 3.8) is 0 Å². The zero-order valence-electron chi connectivity index (χ0n) is 16.8. The second-order valence-electron chi connectivity index (χ2n) is 7.74. The summed E-state index contributed by atoms with van der Waals surface area (Å²) in [6, 6.07) is 8.73. The van der Waals surface area contributed by atoms with Gasteiger partial charge in [0.05, 0.1) is 18.2 Å². The largest absolute Gasteiger partial charge is 0.492 e. The standard InChI is InChI=1S/C20H25BrClN3O4S/c1-20(2)13-28-8-6-18(20)25-30(26,27)16-11-17(22)19(24-12-16)23-7-9-29-15-5-3-4-14(21)10-15/h3-5,10-12,18,25H,6-9,13H2,1-2H3,(H,23,24). The average molecular weight is 519 g/mol. The molecule has 1 fully saturated rings. The number of rotatable bonds is 8. The molecule has 2 heterocycles. The summed E-state index contributed by atoms with van der Waals surface area (Å²) in [5.74, 6) is 1.15. The lowest BCUT2D eigenvalue weighted by molar-refractivity contribution is -0.00664. The van der Waals surface area contributed by atoms with Gasteiger partial charge in [-0.1, -0.05) is 47.4 Å². The molecule has 7 nitrogen and oxygen atoms in total. The second-order valence-corrected chi connectivity index (χ2v) is 10.8. The highest BCUT2D eigenvalue weighted by Gasteiger charge is 2.36. The van der Waals surface area contributed by atoms with E-state index < -0.39 is 10.0 Å². The third-order valence-electron chi connectivity index (χ3n) is 4.85. The molecule has 1 atom stereocenters. The number of benzene rings is 1. The topological polar surface area (TPSA) is 89.5 Å². The van der Waals surface area contributed by atoms with Crippen molar-refractivity contribution in [1.82, 2.24) is 9.71 Å². The lowest BCUT2D eigenvalue weighted by atomic mass is 9.83. The van der Waals surface area contributed by atoms with Crippen molar-refractivity contribution in [3.05, 3.63) is 46.0 Å². The number of aromatic nitrogens is 1. The highest BCUT2D eigenvalue weighted by Crippen LogP contribution is 2.29. The van der Waals surface area contributed by atoms with Crippen LogP contribution in [0.25, 0.3) is 0 Å². The number of nitrogens with one attached hydrogen (secondary N) is 2. The number of halogens is 2. The molecular formula is C20H25BrClN3O4S. The minimum atomic E-state index is -3.74. The number of sulfonamides is 1. The summed E-state index contributed by atoms with van der Waals surface area (Å²) in [5, 5.41) is 3.29. The van der Waals surface area contributed by atoms with E-state index in [-0.39, 0.29) is 21.4 Å². The van der Waals surface area contributed by atoms with Crippen molar-refractivity contribution in [2.24, 2.45) is 5.41 Å². The molecule has 164 valence electrons. The smallest absolute Gasteiger partial charge is 0.242 e. The summed E-state index contributed by atoms with van der Waals surface area (Å²) >= 11 is 9.66.